The number of carbonyl (C=O) groups excluding carboxylic acids is 1. The van der Waals surface area contributed by atoms with Crippen LogP contribution in [-0.4, -0.2) is 55.2 Å². The van der Waals surface area contributed by atoms with Gasteiger partial charge in [-0.3, -0.25) is 14.6 Å². The summed E-state index contributed by atoms with van der Waals surface area (Å²) in [6.45, 7) is 9.64. The number of fused-ring (bicyclic) bond motifs is 1. The fourth-order valence-corrected chi connectivity index (χ4v) is 5.48. The first-order chi connectivity index (χ1) is 13.6. The monoisotopic (exact) mass is 401 g/mol. The molecule has 0 radical (unpaired) electrons. The van der Waals surface area contributed by atoms with Crippen LogP contribution in [0.5, 0.6) is 0 Å². The highest BCUT2D eigenvalue weighted by Gasteiger charge is 2.30. The minimum absolute atomic E-state index is 0.178. The number of hydrogen-bond donors (Lipinski definition) is 0. The van der Waals surface area contributed by atoms with Crippen molar-refractivity contribution in [1.29, 1.82) is 0 Å². The van der Waals surface area contributed by atoms with E-state index in [4.69, 9.17) is 9.72 Å². The van der Waals surface area contributed by atoms with Crippen LogP contribution in [0.2, 0.25) is 0 Å². The van der Waals surface area contributed by atoms with Gasteiger partial charge in [-0.1, -0.05) is 36.3 Å². The molecule has 0 spiro atoms. The maximum absolute atomic E-state index is 13.3. The van der Waals surface area contributed by atoms with Gasteiger partial charge in [0.05, 0.1) is 23.4 Å². The number of aryl methyl sites for hydroxylation is 2. The fourth-order valence-electron chi connectivity index (χ4n) is 4.33. The summed E-state index contributed by atoms with van der Waals surface area (Å²) < 4.78 is 6.66. The summed E-state index contributed by atoms with van der Waals surface area (Å²) >= 11 is 1.68. The Labute approximate surface area is 171 Å². The van der Waals surface area contributed by atoms with Gasteiger partial charge in [0.25, 0.3) is 0 Å². The normalized spacial score (nSPS) is 18.8. The lowest BCUT2D eigenvalue weighted by Gasteiger charge is -2.28. The molecule has 0 N–H and O–H groups in total. The van der Waals surface area contributed by atoms with Crippen molar-refractivity contribution >= 4 is 32.6 Å². The maximum Gasteiger partial charge on any atom is 0.231 e. The van der Waals surface area contributed by atoms with Crippen molar-refractivity contribution in [2.75, 3.05) is 44.3 Å². The molecule has 1 aromatic heterocycles. The first-order valence-electron chi connectivity index (χ1n) is 10.6. The lowest BCUT2D eigenvalue weighted by Crippen LogP contribution is -2.40. The van der Waals surface area contributed by atoms with E-state index in [9.17, 15) is 4.79 Å². The van der Waals surface area contributed by atoms with Gasteiger partial charge in [0.2, 0.25) is 5.91 Å². The number of hydrogen-bond acceptors (Lipinski definition) is 5. The second kappa shape index (κ2) is 8.89. The second-order valence-electron chi connectivity index (χ2n) is 8.15. The zero-order chi connectivity index (χ0) is 19.5. The Bertz CT molecular complexity index is 784. The lowest BCUT2D eigenvalue weighted by atomic mass is 10.1. The molecule has 1 aliphatic heterocycles. The van der Waals surface area contributed by atoms with Crippen LogP contribution in [0.4, 0.5) is 5.13 Å². The number of benzene rings is 1. The predicted octanol–water partition coefficient (Wildman–Crippen LogP) is 4.16. The maximum atomic E-state index is 13.3. The van der Waals surface area contributed by atoms with Crippen molar-refractivity contribution in [3.63, 3.8) is 0 Å². The molecule has 0 unspecified atom stereocenters. The van der Waals surface area contributed by atoms with E-state index >= 15 is 0 Å². The summed E-state index contributed by atoms with van der Waals surface area (Å²) in [6, 6.07) is 4.28. The van der Waals surface area contributed by atoms with Gasteiger partial charge in [-0.25, -0.2) is 4.98 Å². The van der Waals surface area contributed by atoms with Crippen LogP contribution in [0.3, 0.4) is 0 Å². The Balaban J connectivity index is 1.54. The lowest BCUT2D eigenvalue weighted by molar-refractivity contribution is -0.122. The van der Waals surface area contributed by atoms with Gasteiger partial charge in [0.1, 0.15) is 0 Å². The van der Waals surface area contributed by atoms with Crippen LogP contribution in [0.15, 0.2) is 12.1 Å². The van der Waals surface area contributed by atoms with Crippen molar-refractivity contribution in [3.05, 3.63) is 23.3 Å². The molecule has 2 fully saturated rings. The minimum Gasteiger partial charge on any atom is -0.379 e. The topological polar surface area (TPSA) is 45.7 Å². The molecule has 2 aromatic rings. The molecule has 1 aliphatic carbocycles. The van der Waals surface area contributed by atoms with Crippen molar-refractivity contribution < 1.29 is 9.53 Å². The Morgan fingerprint density at radius 2 is 1.93 bits per heavy atom. The Morgan fingerprint density at radius 3 is 2.64 bits per heavy atom. The van der Waals surface area contributed by atoms with Gasteiger partial charge in [-0.15, -0.1) is 0 Å². The van der Waals surface area contributed by atoms with E-state index in [0.717, 1.165) is 69.3 Å². The molecule has 2 aliphatic rings. The number of thiazole rings is 1. The zero-order valence-corrected chi connectivity index (χ0v) is 17.9. The third kappa shape index (κ3) is 4.24. The van der Waals surface area contributed by atoms with E-state index < -0.39 is 0 Å². The van der Waals surface area contributed by atoms with E-state index in [-0.39, 0.29) is 11.8 Å². The first-order valence-corrected chi connectivity index (χ1v) is 11.4. The van der Waals surface area contributed by atoms with Crippen LogP contribution >= 0.6 is 11.3 Å². The van der Waals surface area contributed by atoms with Crippen molar-refractivity contribution in [2.45, 2.75) is 46.0 Å². The van der Waals surface area contributed by atoms with E-state index in [1.165, 1.54) is 28.7 Å². The van der Waals surface area contributed by atoms with Crippen LogP contribution in [0.25, 0.3) is 10.2 Å². The third-order valence-electron chi connectivity index (χ3n) is 6.09. The number of anilines is 1. The van der Waals surface area contributed by atoms with Gasteiger partial charge < -0.3 is 4.74 Å². The van der Waals surface area contributed by atoms with Crippen LogP contribution in [0.1, 0.15) is 43.2 Å². The molecule has 2 heterocycles. The average molecular weight is 402 g/mol. The molecular weight excluding hydrogens is 370 g/mol. The summed E-state index contributed by atoms with van der Waals surface area (Å²) in [6.07, 6.45) is 5.39. The second-order valence-corrected chi connectivity index (χ2v) is 9.13. The minimum atomic E-state index is 0.178. The van der Waals surface area contributed by atoms with Gasteiger partial charge >= 0.3 is 0 Å². The number of amides is 1. The SMILES string of the molecule is Cc1ccc(C)c2sc(N(CCCN3CCOCC3)C(=O)C3CCCC3)nc12. The Morgan fingerprint density at radius 1 is 1.21 bits per heavy atom. The molecule has 0 atom stereocenters. The van der Waals surface area contributed by atoms with E-state index in [1.807, 2.05) is 4.90 Å². The molecule has 0 bridgehead atoms. The average Bonchev–Trinajstić information content (AvgIpc) is 3.39. The van der Waals surface area contributed by atoms with E-state index in [1.54, 1.807) is 11.3 Å². The molecule has 28 heavy (non-hydrogen) atoms. The Hall–Kier alpha value is -1.50. The molecule has 152 valence electrons. The van der Waals surface area contributed by atoms with Crippen LogP contribution in [-0.2, 0) is 9.53 Å². The fraction of sp³-hybridized carbons (Fsp3) is 0.636. The zero-order valence-electron chi connectivity index (χ0n) is 17.1. The van der Waals surface area contributed by atoms with Crippen molar-refractivity contribution in [1.82, 2.24) is 9.88 Å². The highest BCUT2D eigenvalue weighted by atomic mass is 32.1. The van der Waals surface area contributed by atoms with Crippen molar-refractivity contribution in [2.24, 2.45) is 5.92 Å². The number of morpholine rings is 1. The number of aromatic nitrogens is 1. The standard InChI is InChI=1S/C22H31N3O2S/c1-16-8-9-17(2)20-19(16)23-22(28-20)25(21(26)18-6-3-4-7-18)11-5-10-24-12-14-27-15-13-24/h8-9,18H,3-7,10-15H2,1-2H3. The molecule has 1 saturated heterocycles. The van der Waals surface area contributed by atoms with Gasteiger partial charge in [-0.2, -0.15) is 0 Å². The molecule has 6 heteroatoms. The summed E-state index contributed by atoms with van der Waals surface area (Å²) in [5.74, 6) is 0.464. The Kier molecular flexibility index (Phi) is 6.28. The number of rotatable bonds is 6. The van der Waals surface area contributed by atoms with Gasteiger partial charge in [0, 0.05) is 32.1 Å². The van der Waals surface area contributed by atoms with E-state index in [0.29, 0.717) is 0 Å². The molecule has 1 aromatic carbocycles. The molecule has 1 saturated carbocycles. The number of nitrogens with zero attached hydrogens (tertiary/aromatic N) is 3. The smallest absolute Gasteiger partial charge is 0.231 e. The van der Waals surface area contributed by atoms with Gasteiger partial charge in [-0.05, 0) is 44.2 Å². The summed E-state index contributed by atoms with van der Waals surface area (Å²) in [4.78, 5) is 22.7. The third-order valence-corrected chi connectivity index (χ3v) is 7.31. The first kappa shape index (κ1) is 19.8. The number of ether oxygens (including phenoxy) is 1. The largest absolute Gasteiger partial charge is 0.379 e. The van der Waals surface area contributed by atoms with Crippen molar-refractivity contribution in [3.8, 4) is 0 Å². The number of carbonyl (C=O) groups is 1. The summed E-state index contributed by atoms with van der Waals surface area (Å²) in [5.41, 5.74) is 3.48. The van der Waals surface area contributed by atoms with Crippen LogP contribution < -0.4 is 4.90 Å². The predicted molar refractivity (Wildman–Crippen MR) is 115 cm³/mol. The summed E-state index contributed by atoms with van der Waals surface area (Å²) in [5, 5.41) is 0.881. The molecule has 5 nitrogen and oxygen atoms in total. The molecule has 1 amide bonds. The highest BCUT2D eigenvalue weighted by molar-refractivity contribution is 7.22. The van der Waals surface area contributed by atoms with E-state index in [2.05, 4.69) is 30.9 Å². The van der Waals surface area contributed by atoms with Crippen LogP contribution in [0, 0.1) is 19.8 Å². The summed E-state index contributed by atoms with van der Waals surface area (Å²) in [7, 11) is 0. The molecule has 4 rings (SSSR count). The quantitative estimate of drug-likeness (QED) is 0.729. The van der Waals surface area contributed by atoms with Gasteiger partial charge in [0.15, 0.2) is 5.13 Å². The molecular formula is C22H31N3O2S. The highest BCUT2D eigenvalue weighted by Crippen LogP contribution is 2.35.